The van der Waals surface area contributed by atoms with Gasteiger partial charge in [0, 0.05) is 24.7 Å². The van der Waals surface area contributed by atoms with E-state index in [0.29, 0.717) is 41.8 Å². The van der Waals surface area contributed by atoms with Crippen LogP contribution in [-0.4, -0.2) is 28.1 Å². The van der Waals surface area contributed by atoms with Gasteiger partial charge in [-0.1, -0.05) is 37.6 Å². The minimum absolute atomic E-state index is 0.119. The van der Waals surface area contributed by atoms with Crippen LogP contribution in [0, 0.1) is 17.1 Å². The van der Waals surface area contributed by atoms with Crippen molar-refractivity contribution in [3.05, 3.63) is 100 Å². The molecule has 1 N–H and O–H groups in total. The summed E-state index contributed by atoms with van der Waals surface area (Å²) >= 11 is 0. The first kappa shape index (κ1) is 26.7. The second kappa shape index (κ2) is 11.4. The average molecular weight is 533 g/mol. The van der Waals surface area contributed by atoms with E-state index in [-0.39, 0.29) is 11.4 Å². The first-order valence-electron chi connectivity index (χ1n) is 12.0. The number of aromatic nitrogens is 3. The fraction of sp³-hybridized carbons (Fsp3) is 0.214. The summed E-state index contributed by atoms with van der Waals surface area (Å²) in [6.45, 7) is 2.09. The van der Waals surface area contributed by atoms with Crippen LogP contribution in [0.15, 0.2) is 81.6 Å². The molecule has 2 aromatic heterocycles. The molecule has 0 saturated heterocycles. The summed E-state index contributed by atoms with van der Waals surface area (Å²) < 4.78 is 41.8. The number of sulfone groups is 1. The molecule has 0 atom stereocenters. The number of halogens is 1. The molecule has 0 spiro atoms. The van der Waals surface area contributed by atoms with Gasteiger partial charge in [-0.05, 0) is 54.3 Å². The number of pyridine rings is 1. The standard InChI is InChI=1S/C28H25FN4O4S/c1-2-3-7-25-32-27(34)26(28(35)33(25)13-12-19-5-4-6-20(14-19)16-30)38(36,37)24-10-8-21(9-11-24)22-15-23(29)18-31-17-22/h4-6,8-11,14-15,17-18,34H,2-3,7,12-13H2,1H3. The lowest BCUT2D eigenvalue weighted by molar-refractivity contribution is 0.416. The summed E-state index contributed by atoms with van der Waals surface area (Å²) in [5.74, 6) is -1.08. The van der Waals surface area contributed by atoms with Gasteiger partial charge in [0.05, 0.1) is 22.7 Å². The summed E-state index contributed by atoms with van der Waals surface area (Å²) in [5, 5.41) is 19.8. The molecule has 10 heteroatoms. The topological polar surface area (TPSA) is 126 Å². The van der Waals surface area contributed by atoms with Crippen LogP contribution in [0.5, 0.6) is 5.88 Å². The molecule has 4 rings (SSSR count). The van der Waals surface area contributed by atoms with E-state index < -0.39 is 32.0 Å². The van der Waals surface area contributed by atoms with E-state index in [1.165, 1.54) is 41.1 Å². The van der Waals surface area contributed by atoms with E-state index in [4.69, 9.17) is 5.26 Å². The van der Waals surface area contributed by atoms with Gasteiger partial charge < -0.3 is 5.11 Å². The summed E-state index contributed by atoms with van der Waals surface area (Å²) in [5.41, 5.74) is 1.41. The van der Waals surface area contributed by atoms with Crippen molar-refractivity contribution < 1.29 is 17.9 Å². The molecule has 0 fully saturated rings. The van der Waals surface area contributed by atoms with E-state index in [2.05, 4.69) is 16.0 Å². The molecule has 4 aromatic rings. The first-order chi connectivity index (χ1) is 18.2. The number of unbranched alkanes of at least 4 members (excludes halogenated alkanes) is 1. The van der Waals surface area contributed by atoms with Gasteiger partial charge in [0.1, 0.15) is 11.6 Å². The van der Waals surface area contributed by atoms with Gasteiger partial charge in [-0.2, -0.15) is 10.2 Å². The largest absolute Gasteiger partial charge is 0.492 e. The van der Waals surface area contributed by atoms with Crippen LogP contribution in [0.1, 0.15) is 36.7 Å². The highest BCUT2D eigenvalue weighted by Gasteiger charge is 2.29. The van der Waals surface area contributed by atoms with Crippen molar-refractivity contribution in [3.63, 3.8) is 0 Å². The lowest BCUT2D eigenvalue weighted by atomic mass is 10.1. The summed E-state index contributed by atoms with van der Waals surface area (Å²) in [7, 11) is -4.44. The quantitative estimate of drug-likeness (QED) is 0.338. The van der Waals surface area contributed by atoms with Gasteiger partial charge in [0.15, 0.2) is 4.90 Å². The number of hydrogen-bond donors (Lipinski definition) is 1. The molecule has 0 bridgehead atoms. The van der Waals surface area contributed by atoms with E-state index in [1.54, 1.807) is 18.2 Å². The zero-order chi connectivity index (χ0) is 27.3. The van der Waals surface area contributed by atoms with Crippen LogP contribution < -0.4 is 5.56 Å². The lowest BCUT2D eigenvalue weighted by Gasteiger charge is -2.15. The Bertz CT molecular complexity index is 1680. The normalized spacial score (nSPS) is 11.3. The number of nitrogens with zero attached hydrogens (tertiary/aromatic N) is 4. The predicted octanol–water partition coefficient (Wildman–Crippen LogP) is 4.44. The van der Waals surface area contributed by atoms with Crippen LogP contribution >= 0.6 is 0 Å². The number of benzene rings is 2. The fourth-order valence-corrected chi connectivity index (χ4v) is 5.47. The third kappa shape index (κ3) is 5.63. The molecule has 0 amide bonds. The Balaban J connectivity index is 1.73. The molecule has 0 unspecified atom stereocenters. The van der Waals surface area contributed by atoms with E-state index in [1.807, 2.05) is 13.0 Å². The third-order valence-corrected chi connectivity index (χ3v) is 7.88. The SMILES string of the molecule is CCCCc1nc(O)c(S(=O)(=O)c2ccc(-c3cncc(F)c3)cc2)c(=O)n1CCc1cccc(C#N)c1. The van der Waals surface area contributed by atoms with Crippen molar-refractivity contribution in [1.82, 2.24) is 14.5 Å². The molecular weight excluding hydrogens is 507 g/mol. The maximum Gasteiger partial charge on any atom is 0.276 e. The van der Waals surface area contributed by atoms with Crippen LogP contribution in [0.4, 0.5) is 4.39 Å². The van der Waals surface area contributed by atoms with Crippen LogP contribution in [0.2, 0.25) is 0 Å². The van der Waals surface area contributed by atoms with Gasteiger partial charge in [-0.25, -0.2) is 12.8 Å². The second-order valence-electron chi connectivity index (χ2n) is 8.72. The molecule has 0 aliphatic carbocycles. The Hall–Kier alpha value is -4.36. The van der Waals surface area contributed by atoms with Crippen molar-refractivity contribution in [3.8, 4) is 23.1 Å². The third-order valence-electron chi connectivity index (χ3n) is 6.09. The number of rotatable bonds is 9. The van der Waals surface area contributed by atoms with Crippen molar-refractivity contribution in [2.45, 2.75) is 48.9 Å². The van der Waals surface area contributed by atoms with Gasteiger partial charge in [-0.3, -0.25) is 14.3 Å². The minimum atomic E-state index is -4.44. The molecule has 38 heavy (non-hydrogen) atoms. The Kier molecular flexibility index (Phi) is 7.98. The van der Waals surface area contributed by atoms with E-state index in [9.17, 15) is 22.7 Å². The fourth-order valence-electron chi connectivity index (χ4n) is 4.11. The van der Waals surface area contributed by atoms with Gasteiger partial charge in [0.25, 0.3) is 5.56 Å². The Labute approximate surface area is 219 Å². The van der Waals surface area contributed by atoms with Crippen molar-refractivity contribution >= 4 is 9.84 Å². The number of aromatic hydroxyl groups is 1. The van der Waals surface area contributed by atoms with Gasteiger partial charge >= 0.3 is 0 Å². The number of hydrogen-bond acceptors (Lipinski definition) is 7. The zero-order valence-electron chi connectivity index (χ0n) is 20.6. The monoisotopic (exact) mass is 532 g/mol. The smallest absolute Gasteiger partial charge is 0.276 e. The molecule has 194 valence electrons. The zero-order valence-corrected chi connectivity index (χ0v) is 21.4. The van der Waals surface area contributed by atoms with Crippen LogP contribution in [-0.2, 0) is 29.2 Å². The minimum Gasteiger partial charge on any atom is -0.492 e. The highest BCUT2D eigenvalue weighted by Crippen LogP contribution is 2.27. The van der Waals surface area contributed by atoms with E-state index >= 15 is 0 Å². The molecule has 8 nitrogen and oxygen atoms in total. The highest BCUT2D eigenvalue weighted by atomic mass is 32.2. The molecule has 2 aromatic carbocycles. The molecule has 0 aliphatic rings. The van der Waals surface area contributed by atoms with Gasteiger partial charge in [0.2, 0.25) is 15.7 Å². The Morgan fingerprint density at radius 3 is 2.50 bits per heavy atom. The van der Waals surface area contributed by atoms with Gasteiger partial charge in [-0.15, -0.1) is 0 Å². The highest BCUT2D eigenvalue weighted by molar-refractivity contribution is 7.91. The first-order valence-corrected chi connectivity index (χ1v) is 13.5. The summed E-state index contributed by atoms with van der Waals surface area (Å²) in [6, 6.07) is 15.8. The predicted molar refractivity (Wildman–Crippen MR) is 139 cm³/mol. The number of aryl methyl sites for hydroxylation is 2. The van der Waals surface area contributed by atoms with Crippen LogP contribution in [0.25, 0.3) is 11.1 Å². The van der Waals surface area contributed by atoms with Crippen molar-refractivity contribution in [1.29, 1.82) is 5.26 Å². The molecular formula is C28H25FN4O4S. The molecule has 0 saturated carbocycles. The van der Waals surface area contributed by atoms with E-state index in [0.717, 1.165) is 18.2 Å². The summed E-state index contributed by atoms with van der Waals surface area (Å²) in [4.78, 5) is 20.4. The van der Waals surface area contributed by atoms with Crippen molar-refractivity contribution in [2.24, 2.45) is 0 Å². The summed E-state index contributed by atoms with van der Waals surface area (Å²) in [6.07, 6.45) is 4.76. The van der Waals surface area contributed by atoms with Crippen LogP contribution in [0.3, 0.4) is 0 Å². The second-order valence-corrected chi connectivity index (χ2v) is 10.6. The molecule has 0 aliphatic heterocycles. The Morgan fingerprint density at radius 1 is 1.05 bits per heavy atom. The maximum atomic E-state index is 13.5. The lowest BCUT2D eigenvalue weighted by Crippen LogP contribution is -2.31. The molecule has 2 heterocycles. The average Bonchev–Trinajstić information content (AvgIpc) is 2.91. The van der Waals surface area contributed by atoms with Crippen molar-refractivity contribution in [2.75, 3.05) is 0 Å². The Morgan fingerprint density at radius 2 is 1.82 bits per heavy atom. The molecule has 0 radical (unpaired) electrons. The maximum absolute atomic E-state index is 13.5. The number of nitriles is 1.